The van der Waals surface area contributed by atoms with E-state index in [-0.39, 0.29) is 23.1 Å². The van der Waals surface area contributed by atoms with E-state index in [1.54, 1.807) is 48.2 Å². The summed E-state index contributed by atoms with van der Waals surface area (Å²) < 4.78 is 33.7. The molecule has 0 spiro atoms. The van der Waals surface area contributed by atoms with Crippen LogP contribution in [0.3, 0.4) is 0 Å². The summed E-state index contributed by atoms with van der Waals surface area (Å²) in [5.41, 5.74) is 1.95. The van der Waals surface area contributed by atoms with Gasteiger partial charge in [0.25, 0.3) is 10.0 Å². The SMILES string of the molecule is COc1ccc(C)cc1S(=O)(=O)N(CC(=O)N1CCCC1)c1ccc(C)c(Cl)c1. The van der Waals surface area contributed by atoms with Gasteiger partial charge in [-0.15, -0.1) is 0 Å². The second kappa shape index (κ2) is 8.63. The minimum atomic E-state index is -4.07. The topological polar surface area (TPSA) is 66.9 Å². The van der Waals surface area contributed by atoms with Crippen LogP contribution >= 0.6 is 11.6 Å². The second-order valence-electron chi connectivity index (χ2n) is 7.19. The lowest BCUT2D eigenvalue weighted by Gasteiger charge is -2.27. The van der Waals surface area contributed by atoms with Crippen LogP contribution in [0, 0.1) is 13.8 Å². The molecule has 8 heteroatoms. The standard InChI is InChI=1S/C21H25ClN2O4S/c1-15-6-9-19(28-3)20(12-15)29(26,27)24(14-21(25)23-10-4-5-11-23)17-8-7-16(2)18(22)13-17/h6-9,12-13H,4-5,10-11,14H2,1-3H3. The van der Waals surface area contributed by atoms with Crippen LogP contribution in [-0.2, 0) is 14.8 Å². The van der Waals surface area contributed by atoms with Crippen molar-refractivity contribution in [2.45, 2.75) is 31.6 Å². The zero-order chi connectivity index (χ0) is 21.2. The molecule has 1 fully saturated rings. The van der Waals surface area contributed by atoms with Gasteiger partial charge in [0.05, 0.1) is 12.8 Å². The number of carbonyl (C=O) groups is 1. The summed E-state index contributed by atoms with van der Waals surface area (Å²) in [6.45, 7) is 4.65. The lowest BCUT2D eigenvalue weighted by Crippen LogP contribution is -2.42. The predicted molar refractivity (Wildman–Crippen MR) is 114 cm³/mol. The Balaban J connectivity index is 2.09. The third-order valence-electron chi connectivity index (χ3n) is 5.07. The van der Waals surface area contributed by atoms with Gasteiger partial charge in [-0.05, 0) is 62.1 Å². The number of nitrogens with zero attached hydrogens (tertiary/aromatic N) is 2. The zero-order valence-electron chi connectivity index (χ0n) is 16.8. The van der Waals surface area contributed by atoms with Gasteiger partial charge in [-0.1, -0.05) is 23.7 Å². The Hall–Kier alpha value is -2.25. The first-order valence-electron chi connectivity index (χ1n) is 9.45. The quantitative estimate of drug-likeness (QED) is 0.691. The van der Waals surface area contributed by atoms with Gasteiger partial charge in [0.2, 0.25) is 5.91 Å². The molecule has 0 unspecified atom stereocenters. The van der Waals surface area contributed by atoms with E-state index in [0.717, 1.165) is 28.3 Å². The van der Waals surface area contributed by atoms with Gasteiger partial charge in [0, 0.05) is 18.1 Å². The van der Waals surface area contributed by atoms with Crippen LogP contribution in [0.2, 0.25) is 5.02 Å². The number of hydrogen-bond acceptors (Lipinski definition) is 4. The van der Waals surface area contributed by atoms with Crippen molar-refractivity contribution in [3.8, 4) is 5.75 Å². The average molecular weight is 437 g/mol. The van der Waals surface area contributed by atoms with Crippen molar-refractivity contribution >= 4 is 33.2 Å². The third-order valence-corrected chi connectivity index (χ3v) is 7.27. The first-order valence-corrected chi connectivity index (χ1v) is 11.3. The smallest absolute Gasteiger partial charge is 0.268 e. The molecule has 0 atom stereocenters. The number of rotatable bonds is 6. The Labute approximate surface area is 177 Å². The number of ether oxygens (including phenoxy) is 1. The summed E-state index contributed by atoms with van der Waals surface area (Å²) in [5.74, 6) is 0.00169. The van der Waals surface area contributed by atoms with Gasteiger partial charge in [0.1, 0.15) is 17.2 Å². The highest BCUT2D eigenvalue weighted by Crippen LogP contribution is 2.32. The number of aryl methyl sites for hydroxylation is 2. The van der Waals surface area contributed by atoms with Crippen molar-refractivity contribution in [2.75, 3.05) is 31.0 Å². The summed E-state index contributed by atoms with van der Waals surface area (Å²) in [6, 6.07) is 9.93. The van der Waals surface area contributed by atoms with Gasteiger partial charge in [-0.3, -0.25) is 9.10 Å². The maximum atomic E-state index is 13.6. The van der Waals surface area contributed by atoms with Crippen molar-refractivity contribution in [2.24, 2.45) is 0 Å². The van der Waals surface area contributed by atoms with Crippen LogP contribution in [0.15, 0.2) is 41.3 Å². The number of carbonyl (C=O) groups excluding carboxylic acids is 1. The third kappa shape index (κ3) is 4.51. The van der Waals surface area contributed by atoms with Crippen LogP contribution in [0.5, 0.6) is 5.75 Å². The Kier molecular flexibility index (Phi) is 6.39. The number of sulfonamides is 1. The molecule has 156 valence electrons. The number of amides is 1. The summed E-state index contributed by atoms with van der Waals surface area (Å²) in [6.07, 6.45) is 1.86. The van der Waals surface area contributed by atoms with Crippen LogP contribution in [0.4, 0.5) is 5.69 Å². The lowest BCUT2D eigenvalue weighted by atomic mass is 10.2. The molecule has 2 aromatic rings. The minimum absolute atomic E-state index is 0.0194. The van der Waals surface area contributed by atoms with E-state index < -0.39 is 10.0 Å². The first kappa shape index (κ1) is 21.5. The Morgan fingerprint density at radius 1 is 1.14 bits per heavy atom. The van der Waals surface area contributed by atoms with Crippen LogP contribution < -0.4 is 9.04 Å². The number of anilines is 1. The normalized spacial score (nSPS) is 14.1. The van der Waals surface area contributed by atoms with E-state index in [1.165, 1.54) is 7.11 Å². The van der Waals surface area contributed by atoms with Crippen molar-refractivity contribution in [1.82, 2.24) is 4.90 Å². The van der Waals surface area contributed by atoms with Crippen molar-refractivity contribution in [3.05, 3.63) is 52.5 Å². The molecule has 1 aliphatic rings. The molecule has 0 aromatic heterocycles. The zero-order valence-corrected chi connectivity index (χ0v) is 18.4. The monoisotopic (exact) mass is 436 g/mol. The molecule has 0 bridgehead atoms. The highest BCUT2D eigenvalue weighted by Gasteiger charge is 2.32. The molecule has 29 heavy (non-hydrogen) atoms. The van der Waals surface area contributed by atoms with Crippen molar-refractivity contribution < 1.29 is 17.9 Å². The van der Waals surface area contributed by atoms with E-state index in [0.29, 0.717) is 23.8 Å². The highest BCUT2D eigenvalue weighted by molar-refractivity contribution is 7.93. The molecule has 3 rings (SSSR count). The predicted octanol–water partition coefficient (Wildman–Crippen LogP) is 3.78. The molecule has 6 nitrogen and oxygen atoms in total. The van der Waals surface area contributed by atoms with E-state index >= 15 is 0 Å². The Morgan fingerprint density at radius 3 is 2.45 bits per heavy atom. The van der Waals surface area contributed by atoms with E-state index in [4.69, 9.17) is 16.3 Å². The fourth-order valence-electron chi connectivity index (χ4n) is 3.35. The fraction of sp³-hybridized carbons (Fsp3) is 0.381. The van der Waals surface area contributed by atoms with Crippen LogP contribution in [-0.4, -0.2) is 46.0 Å². The number of hydrogen-bond donors (Lipinski definition) is 0. The van der Waals surface area contributed by atoms with E-state index in [9.17, 15) is 13.2 Å². The summed E-state index contributed by atoms with van der Waals surface area (Å²) >= 11 is 6.26. The van der Waals surface area contributed by atoms with Crippen LogP contribution in [0.1, 0.15) is 24.0 Å². The minimum Gasteiger partial charge on any atom is -0.495 e. The van der Waals surface area contributed by atoms with Gasteiger partial charge in [0.15, 0.2) is 0 Å². The molecule has 0 aliphatic carbocycles. The molecule has 1 heterocycles. The van der Waals surface area contributed by atoms with Gasteiger partial charge >= 0.3 is 0 Å². The number of likely N-dealkylation sites (tertiary alicyclic amines) is 1. The molecule has 1 aliphatic heterocycles. The van der Waals surface area contributed by atoms with Gasteiger partial charge in [-0.25, -0.2) is 8.42 Å². The average Bonchev–Trinajstić information content (AvgIpc) is 3.23. The molecule has 0 N–H and O–H groups in total. The Morgan fingerprint density at radius 2 is 1.83 bits per heavy atom. The van der Waals surface area contributed by atoms with E-state index in [2.05, 4.69) is 0 Å². The molecule has 0 saturated carbocycles. The first-order chi connectivity index (χ1) is 13.7. The summed E-state index contributed by atoms with van der Waals surface area (Å²) in [4.78, 5) is 14.6. The maximum Gasteiger partial charge on any atom is 0.268 e. The van der Waals surface area contributed by atoms with Crippen molar-refractivity contribution in [3.63, 3.8) is 0 Å². The summed E-state index contributed by atoms with van der Waals surface area (Å²) in [7, 11) is -2.65. The lowest BCUT2D eigenvalue weighted by molar-refractivity contribution is -0.128. The number of halogens is 1. The largest absolute Gasteiger partial charge is 0.495 e. The highest BCUT2D eigenvalue weighted by atomic mass is 35.5. The summed E-state index contributed by atoms with van der Waals surface area (Å²) in [5, 5.41) is 0.438. The fourth-order valence-corrected chi connectivity index (χ4v) is 5.17. The van der Waals surface area contributed by atoms with Gasteiger partial charge in [-0.2, -0.15) is 0 Å². The molecular weight excluding hydrogens is 412 g/mol. The molecule has 1 amide bonds. The molecule has 2 aromatic carbocycles. The Bertz CT molecular complexity index is 1020. The van der Waals surface area contributed by atoms with Crippen molar-refractivity contribution in [1.29, 1.82) is 0 Å². The van der Waals surface area contributed by atoms with E-state index in [1.807, 2.05) is 6.92 Å². The number of methoxy groups -OCH3 is 1. The second-order valence-corrected chi connectivity index (χ2v) is 9.43. The maximum absolute atomic E-state index is 13.6. The molecule has 0 radical (unpaired) electrons. The number of benzene rings is 2. The van der Waals surface area contributed by atoms with Gasteiger partial charge < -0.3 is 9.64 Å². The molecular formula is C21H25ClN2O4S. The van der Waals surface area contributed by atoms with Crippen LogP contribution in [0.25, 0.3) is 0 Å². The molecule has 1 saturated heterocycles.